The van der Waals surface area contributed by atoms with Crippen LogP contribution < -0.4 is 10.6 Å². The highest BCUT2D eigenvalue weighted by molar-refractivity contribution is 5.74. The van der Waals surface area contributed by atoms with Crippen molar-refractivity contribution in [2.45, 2.75) is 38.8 Å². The maximum absolute atomic E-state index is 13.4. The summed E-state index contributed by atoms with van der Waals surface area (Å²) in [7, 11) is 0. The summed E-state index contributed by atoms with van der Waals surface area (Å²) in [4.78, 5) is 11.7. The van der Waals surface area contributed by atoms with Gasteiger partial charge in [0.25, 0.3) is 0 Å². The van der Waals surface area contributed by atoms with Crippen LogP contribution in [-0.2, 0) is 6.54 Å². The van der Waals surface area contributed by atoms with Crippen molar-refractivity contribution in [3.05, 3.63) is 35.6 Å². The Balaban J connectivity index is 2.50. The molecule has 0 radical (unpaired) electrons. The van der Waals surface area contributed by atoms with Gasteiger partial charge in [-0.15, -0.1) is 0 Å². The van der Waals surface area contributed by atoms with Crippen LogP contribution in [0.2, 0.25) is 0 Å². The van der Waals surface area contributed by atoms with Crippen LogP contribution in [0.25, 0.3) is 0 Å². The smallest absolute Gasteiger partial charge is 0.315 e. The van der Waals surface area contributed by atoms with Crippen molar-refractivity contribution in [2.24, 2.45) is 0 Å². The molecule has 0 heterocycles. The molecule has 0 aliphatic heterocycles. The lowest BCUT2D eigenvalue weighted by Gasteiger charge is -2.28. The van der Waals surface area contributed by atoms with E-state index in [0.717, 1.165) is 6.42 Å². The molecule has 0 aliphatic carbocycles. The van der Waals surface area contributed by atoms with Gasteiger partial charge in [-0.3, -0.25) is 0 Å². The molecule has 0 spiro atoms. The van der Waals surface area contributed by atoms with Gasteiger partial charge in [0, 0.05) is 12.1 Å². The second kappa shape index (κ2) is 7.09. The highest BCUT2D eigenvalue weighted by Crippen LogP contribution is 2.11. The third-order valence-electron chi connectivity index (χ3n) is 2.96. The first-order chi connectivity index (χ1) is 9.00. The third-order valence-corrected chi connectivity index (χ3v) is 2.96. The number of carbonyl (C=O) groups is 1. The summed E-state index contributed by atoms with van der Waals surface area (Å²) in [5.41, 5.74) is -0.215. The minimum absolute atomic E-state index is 0.117. The molecule has 1 aromatic carbocycles. The Morgan fingerprint density at radius 1 is 1.42 bits per heavy atom. The maximum Gasteiger partial charge on any atom is 0.315 e. The van der Waals surface area contributed by atoms with E-state index in [0.29, 0.717) is 12.0 Å². The van der Waals surface area contributed by atoms with E-state index in [-0.39, 0.29) is 19.0 Å². The number of benzene rings is 1. The van der Waals surface area contributed by atoms with Crippen molar-refractivity contribution in [1.82, 2.24) is 10.6 Å². The summed E-state index contributed by atoms with van der Waals surface area (Å²) < 4.78 is 13.4. The zero-order valence-electron chi connectivity index (χ0n) is 11.4. The predicted octanol–water partition coefficient (Wildman–Crippen LogP) is 2.18. The van der Waals surface area contributed by atoms with Gasteiger partial charge in [-0.1, -0.05) is 31.5 Å². The standard InChI is InChI=1S/C14H21FN2O2/c1-3-8-14(2,10-18)17-13(19)16-9-11-6-4-5-7-12(11)15/h4-7,18H,3,8-10H2,1-2H3,(H2,16,17,19). The lowest BCUT2D eigenvalue weighted by molar-refractivity contribution is 0.163. The minimum atomic E-state index is -0.645. The Bertz CT molecular complexity index is 426. The van der Waals surface area contributed by atoms with Crippen LogP contribution >= 0.6 is 0 Å². The minimum Gasteiger partial charge on any atom is -0.394 e. The summed E-state index contributed by atoms with van der Waals surface area (Å²) in [6.45, 7) is 3.74. The number of hydrogen-bond donors (Lipinski definition) is 3. The molecule has 1 atom stereocenters. The van der Waals surface area contributed by atoms with Gasteiger partial charge in [-0.05, 0) is 19.4 Å². The number of rotatable bonds is 6. The first kappa shape index (κ1) is 15.4. The van der Waals surface area contributed by atoms with E-state index < -0.39 is 11.6 Å². The van der Waals surface area contributed by atoms with Crippen molar-refractivity contribution >= 4 is 6.03 Å². The number of hydrogen-bond acceptors (Lipinski definition) is 2. The zero-order valence-corrected chi connectivity index (χ0v) is 11.4. The molecule has 1 unspecified atom stereocenters. The molecule has 0 saturated carbocycles. The van der Waals surface area contributed by atoms with Crippen molar-refractivity contribution in [3.8, 4) is 0 Å². The number of nitrogens with one attached hydrogen (secondary N) is 2. The largest absolute Gasteiger partial charge is 0.394 e. The molecule has 2 amide bonds. The molecule has 0 saturated heterocycles. The maximum atomic E-state index is 13.4. The summed E-state index contributed by atoms with van der Waals surface area (Å²) in [6, 6.07) is 5.88. The van der Waals surface area contributed by atoms with Crippen LogP contribution in [0.1, 0.15) is 32.3 Å². The lowest BCUT2D eigenvalue weighted by atomic mass is 9.98. The van der Waals surface area contributed by atoms with E-state index in [2.05, 4.69) is 10.6 Å². The fourth-order valence-electron chi connectivity index (χ4n) is 1.87. The van der Waals surface area contributed by atoms with E-state index >= 15 is 0 Å². The average molecular weight is 268 g/mol. The monoisotopic (exact) mass is 268 g/mol. The highest BCUT2D eigenvalue weighted by atomic mass is 19.1. The number of halogens is 1. The topological polar surface area (TPSA) is 61.4 Å². The fourth-order valence-corrected chi connectivity index (χ4v) is 1.87. The Hall–Kier alpha value is -1.62. The van der Waals surface area contributed by atoms with Gasteiger partial charge in [-0.2, -0.15) is 0 Å². The quantitative estimate of drug-likeness (QED) is 0.740. The normalized spacial score (nSPS) is 13.7. The Morgan fingerprint density at radius 2 is 2.11 bits per heavy atom. The molecule has 3 N–H and O–H groups in total. The van der Waals surface area contributed by atoms with Crippen LogP contribution in [0.5, 0.6) is 0 Å². The SMILES string of the molecule is CCCC(C)(CO)NC(=O)NCc1ccccc1F. The molecule has 0 fully saturated rings. The van der Waals surface area contributed by atoms with Gasteiger partial charge < -0.3 is 15.7 Å². The van der Waals surface area contributed by atoms with Crippen molar-refractivity contribution in [2.75, 3.05) is 6.61 Å². The molecule has 0 bridgehead atoms. The highest BCUT2D eigenvalue weighted by Gasteiger charge is 2.24. The summed E-state index contributed by atoms with van der Waals surface area (Å²) in [5.74, 6) is -0.346. The zero-order chi connectivity index (χ0) is 14.3. The van der Waals surface area contributed by atoms with Gasteiger partial charge in [-0.25, -0.2) is 9.18 Å². The van der Waals surface area contributed by atoms with E-state index in [1.54, 1.807) is 25.1 Å². The van der Waals surface area contributed by atoms with Gasteiger partial charge in [0.1, 0.15) is 5.82 Å². The molecule has 0 aliphatic rings. The summed E-state index contributed by atoms with van der Waals surface area (Å²) in [6.07, 6.45) is 1.53. The fraction of sp³-hybridized carbons (Fsp3) is 0.500. The van der Waals surface area contributed by atoms with Crippen LogP contribution in [0.15, 0.2) is 24.3 Å². The van der Waals surface area contributed by atoms with E-state index in [4.69, 9.17) is 0 Å². The molecule has 1 aromatic rings. The molecule has 0 aromatic heterocycles. The van der Waals surface area contributed by atoms with Gasteiger partial charge in [0.05, 0.1) is 12.1 Å². The van der Waals surface area contributed by atoms with Crippen molar-refractivity contribution < 1.29 is 14.3 Å². The number of carbonyl (C=O) groups excluding carboxylic acids is 1. The van der Waals surface area contributed by atoms with Crippen LogP contribution in [-0.4, -0.2) is 23.3 Å². The van der Waals surface area contributed by atoms with Crippen molar-refractivity contribution in [3.63, 3.8) is 0 Å². The lowest BCUT2D eigenvalue weighted by Crippen LogP contribution is -2.52. The molecular formula is C14H21FN2O2. The second-order valence-electron chi connectivity index (χ2n) is 4.87. The first-order valence-corrected chi connectivity index (χ1v) is 6.41. The van der Waals surface area contributed by atoms with E-state index in [1.165, 1.54) is 6.07 Å². The van der Waals surface area contributed by atoms with E-state index in [9.17, 15) is 14.3 Å². The third kappa shape index (κ3) is 4.87. The average Bonchev–Trinajstić information content (AvgIpc) is 2.38. The summed E-state index contributed by atoms with van der Waals surface area (Å²) >= 11 is 0. The molecule has 5 heteroatoms. The Morgan fingerprint density at radius 3 is 2.68 bits per heavy atom. The van der Waals surface area contributed by atoms with Gasteiger partial charge in [0.15, 0.2) is 0 Å². The first-order valence-electron chi connectivity index (χ1n) is 6.41. The molecular weight excluding hydrogens is 247 g/mol. The molecule has 1 rings (SSSR count). The number of aliphatic hydroxyl groups is 1. The Labute approximate surface area is 113 Å². The van der Waals surface area contributed by atoms with Gasteiger partial charge in [0.2, 0.25) is 0 Å². The van der Waals surface area contributed by atoms with Crippen LogP contribution in [0, 0.1) is 5.82 Å². The molecule has 4 nitrogen and oxygen atoms in total. The molecule has 106 valence electrons. The number of amides is 2. The Kier molecular flexibility index (Phi) is 5.76. The number of urea groups is 1. The van der Waals surface area contributed by atoms with E-state index in [1.807, 2.05) is 6.92 Å². The predicted molar refractivity (Wildman–Crippen MR) is 72.2 cm³/mol. The summed E-state index contributed by atoms with van der Waals surface area (Å²) in [5, 5.41) is 14.6. The molecule has 19 heavy (non-hydrogen) atoms. The van der Waals surface area contributed by atoms with Crippen LogP contribution in [0.3, 0.4) is 0 Å². The van der Waals surface area contributed by atoms with Gasteiger partial charge >= 0.3 is 6.03 Å². The number of aliphatic hydroxyl groups excluding tert-OH is 1. The van der Waals surface area contributed by atoms with Crippen molar-refractivity contribution in [1.29, 1.82) is 0 Å². The second-order valence-corrected chi connectivity index (χ2v) is 4.87. The van der Waals surface area contributed by atoms with Crippen LogP contribution in [0.4, 0.5) is 9.18 Å².